The lowest BCUT2D eigenvalue weighted by Crippen LogP contribution is -2.37. The molecule has 3 aromatic rings. The number of piperidine rings is 1. The molecule has 0 spiro atoms. The molecule has 0 N–H and O–H groups in total. The van der Waals surface area contributed by atoms with Gasteiger partial charge in [0.2, 0.25) is 0 Å². The van der Waals surface area contributed by atoms with Crippen molar-refractivity contribution in [3.8, 4) is 17.2 Å². The second-order valence-electron chi connectivity index (χ2n) is 9.34. The summed E-state index contributed by atoms with van der Waals surface area (Å²) in [6.45, 7) is 3.47. The Kier molecular flexibility index (Phi) is 9.40. The molecule has 1 heterocycles. The molecule has 1 aliphatic rings. The zero-order valence-electron chi connectivity index (χ0n) is 21.1. The van der Waals surface area contributed by atoms with Crippen molar-refractivity contribution >= 4 is 0 Å². The van der Waals surface area contributed by atoms with Crippen molar-refractivity contribution in [1.82, 2.24) is 4.90 Å². The molecule has 4 rings (SSSR count). The van der Waals surface area contributed by atoms with E-state index in [1.807, 2.05) is 0 Å². The molecule has 1 aliphatic heterocycles. The van der Waals surface area contributed by atoms with Gasteiger partial charge in [-0.05, 0) is 85.5 Å². The molecule has 0 aromatic heterocycles. The SMILES string of the molecule is FC(F)(F)c1ccc(COC2CCN(CCCOc3ccc(Oc4ccc(C(F)(F)F)cc4)cc3)CC2)cc1. The highest BCUT2D eigenvalue weighted by molar-refractivity contribution is 5.36. The lowest BCUT2D eigenvalue weighted by molar-refractivity contribution is -0.138. The maximum Gasteiger partial charge on any atom is 0.416 e. The van der Waals surface area contributed by atoms with Crippen molar-refractivity contribution in [1.29, 1.82) is 0 Å². The van der Waals surface area contributed by atoms with E-state index in [0.29, 0.717) is 30.5 Å². The summed E-state index contributed by atoms with van der Waals surface area (Å²) in [6, 6.07) is 16.5. The normalized spacial score (nSPS) is 15.3. The van der Waals surface area contributed by atoms with Crippen molar-refractivity contribution in [2.75, 3.05) is 26.2 Å². The van der Waals surface area contributed by atoms with Crippen molar-refractivity contribution < 1.29 is 40.6 Å². The Bertz CT molecular complexity index is 1150. The summed E-state index contributed by atoms with van der Waals surface area (Å²) in [5, 5.41) is 0. The number of ether oxygens (including phenoxy) is 3. The standard InChI is InChI=1S/C29H29F6NO3/c30-28(31,32)22-4-2-21(3-5-22)20-38-25-14-17-36(18-15-25)16-1-19-37-24-10-12-27(13-11-24)39-26-8-6-23(7-9-26)29(33,34)35/h2-13,25H,1,14-20H2. The Balaban J connectivity index is 1.10. The minimum Gasteiger partial charge on any atom is -0.494 e. The molecule has 39 heavy (non-hydrogen) atoms. The quantitative estimate of drug-likeness (QED) is 0.188. The van der Waals surface area contributed by atoms with Crippen molar-refractivity contribution in [2.24, 2.45) is 0 Å². The monoisotopic (exact) mass is 553 g/mol. The van der Waals surface area contributed by atoms with Crippen LogP contribution in [0.1, 0.15) is 36.0 Å². The van der Waals surface area contributed by atoms with Gasteiger partial charge in [0.05, 0.1) is 30.4 Å². The van der Waals surface area contributed by atoms with Crippen LogP contribution in [0.15, 0.2) is 72.8 Å². The number of halogens is 6. The van der Waals surface area contributed by atoms with Crippen LogP contribution in [0.25, 0.3) is 0 Å². The molecule has 0 unspecified atom stereocenters. The molecule has 0 bridgehead atoms. The third kappa shape index (κ3) is 8.90. The fraction of sp³-hybridized carbons (Fsp3) is 0.379. The van der Waals surface area contributed by atoms with Gasteiger partial charge in [-0.3, -0.25) is 0 Å². The number of likely N-dealkylation sites (tertiary alicyclic amines) is 1. The Morgan fingerprint density at radius 2 is 1.15 bits per heavy atom. The Labute approximate surface area is 223 Å². The molecule has 0 saturated carbocycles. The van der Waals surface area contributed by atoms with Crippen LogP contribution in [0.5, 0.6) is 17.2 Å². The van der Waals surface area contributed by atoms with E-state index in [9.17, 15) is 26.3 Å². The predicted molar refractivity (Wildman–Crippen MR) is 134 cm³/mol. The molecule has 1 fully saturated rings. The summed E-state index contributed by atoms with van der Waals surface area (Å²) in [5.74, 6) is 1.47. The minimum atomic E-state index is -4.39. The zero-order chi connectivity index (χ0) is 27.9. The first-order chi connectivity index (χ1) is 18.6. The van der Waals surface area contributed by atoms with Gasteiger partial charge in [-0.25, -0.2) is 0 Å². The highest BCUT2D eigenvalue weighted by atomic mass is 19.4. The van der Waals surface area contributed by atoms with Gasteiger partial charge >= 0.3 is 12.4 Å². The van der Waals surface area contributed by atoms with Crippen LogP contribution in [0, 0.1) is 0 Å². The number of hydrogen-bond donors (Lipinski definition) is 0. The Morgan fingerprint density at radius 3 is 1.69 bits per heavy atom. The summed E-state index contributed by atoms with van der Waals surface area (Å²) in [6.07, 6.45) is -6.07. The molecule has 1 saturated heterocycles. The van der Waals surface area contributed by atoms with E-state index in [2.05, 4.69) is 4.90 Å². The molecular formula is C29H29F6NO3. The van der Waals surface area contributed by atoms with Gasteiger partial charge in [0, 0.05) is 19.6 Å². The molecular weight excluding hydrogens is 524 g/mol. The third-order valence-corrected chi connectivity index (χ3v) is 6.43. The first-order valence-corrected chi connectivity index (χ1v) is 12.6. The highest BCUT2D eigenvalue weighted by Gasteiger charge is 2.30. The fourth-order valence-corrected chi connectivity index (χ4v) is 4.23. The average Bonchev–Trinajstić information content (AvgIpc) is 2.91. The van der Waals surface area contributed by atoms with Crippen LogP contribution < -0.4 is 9.47 Å². The van der Waals surface area contributed by atoms with Gasteiger partial charge < -0.3 is 19.1 Å². The zero-order valence-corrected chi connectivity index (χ0v) is 21.1. The fourth-order valence-electron chi connectivity index (χ4n) is 4.23. The first kappa shape index (κ1) is 28.8. The van der Waals surface area contributed by atoms with E-state index in [1.54, 1.807) is 24.3 Å². The van der Waals surface area contributed by atoms with Gasteiger partial charge in [-0.1, -0.05) is 12.1 Å². The van der Waals surface area contributed by atoms with Gasteiger partial charge in [0.25, 0.3) is 0 Å². The van der Waals surface area contributed by atoms with Crippen molar-refractivity contribution in [3.63, 3.8) is 0 Å². The van der Waals surface area contributed by atoms with Crippen LogP contribution in [0.2, 0.25) is 0 Å². The maximum absolute atomic E-state index is 12.7. The Hall–Kier alpha value is -3.24. The van der Waals surface area contributed by atoms with E-state index < -0.39 is 23.5 Å². The maximum atomic E-state index is 12.7. The summed E-state index contributed by atoms with van der Waals surface area (Å²) in [5.41, 5.74) is -0.666. The molecule has 4 nitrogen and oxygen atoms in total. The summed E-state index contributed by atoms with van der Waals surface area (Å²) >= 11 is 0. The number of nitrogens with zero attached hydrogens (tertiary/aromatic N) is 1. The van der Waals surface area contributed by atoms with Crippen molar-refractivity contribution in [3.05, 3.63) is 89.5 Å². The summed E-state index contributed by atoms with van der Waals surface area (Å²) in [4.78, 5) is 2.34. The van der Waals surface area contributed by atoms with Gasteiger partial charge in [-0.2, -0.15) is 26.3 Å². The Morgan fingerprint density at radius 1 is 0.667 bits per heavy atom. The van der Waals surface area contributed by atoms with E-state index >= 15 is 0 Å². The molecule has 0 amide bonds. The van der Waals surface area contributed by atoms with Crippen LogP contribution in [0.4, 0.5) is 26.3 Å². The second-order valence-corrected chi connectivity index (χ2v) is 9.34. The minimum absolute atomic E-state index is 0.0862. The van der Waals surface area contributed by atoms with E-state index in [4.69, 9.17) is 14.2 Å². The van der Waals surface area contributed by atoms with Gasteiger partial charge in [0.15, 0.2) is 0 Å². The topological polar surface area (TPSA) is 30.9 Å². The van der Waals surface area contributed by atoms with E-state index in [-0.39, 0.29) is 6.10 Å². The molecule has 0 atom stereocenters. The predicted octanol–water partition coefficient (Wildman–Crippen LogP) is 7.97. The first-order valence-electron chi connectivity index (χ1n) is 12.6. The van der Waals surface area contributed by atoms with E-state index in [0.717, 1.165) is 68.7 Å². The molecule has 0 aliphatic carbocycles. The second kappa shape index (κ2) is 12.7. The largest absolute Gasteiger partial charge is 0.494 e. The number of hydrogen-bond acceptors (Lipinski definition) is 4. The number of rotatable bonds is 10. The summed E-state index contributed by atoms with van der Waals surface area (Å²) in [7, 11) is 0. The lowest BCUT2D eigenvalue weighted by Gasteiger charge is -2.31. The van der Waals surface area contributed by atoms with Crippen molar-refractivity contribution in [2.45, 2.75) is 44.3 Å². The van der Waals surface area contributed by atoms with Crippen LogP contribution in [0.3, 0.4) is 0 Å². The van der Waals surface area contributed by atoms with Gasteiger partial charge in [-0.15, -0.1) is 0 Å². The molecule has 3 aromatic carbocycles. The van der Waals surface area contributed by atoms with Crippen LogP contribution in [-0.2, 0) is 23.7 Å². The van der Waals surface area contributed by atoms with Gasteiger partial charge in [0.1, 0.15) is 17.2 Å². The third-order valence-electron chi connectivity index (χ3n) is 6.43. The van der Waals surface area contributed by atoms with E-state index in [1.165, 1.54) is 24.3 Å². The average molecular weight is 554 g/mol. The lowest BCUT2D eigenvalue weighted by atomic mass is 10.1. The molecule has 210 valence electrons. The smallest absolute Gasteiger partial charge is 0.416 e. The van der Waals surface area contributed by atoms with Crippen LogP contribution in [-0.4, -0.2) is 37.2 Å². The number of alkyl halides is 6. The van der Waals surface area contributed by atoms with Crippen LogP contribution >= 0.6 is 0 Å². The molecule has 10 heteroatoms. The highest BCUT2D eigenvalue weighted by Crippen LogP contribution is 2.32. The number of benzene rings is 3. The molecule has 0 radical (unpaired) electrons. The summed E-state index contributed by atoms with van der Waals surface area (Å²) < 4.78 is 93.3.